The lowest BCUT2D eigenvalue weighted by Crippen LogP contribution is -2.51. The number of hydrogen-bond acceptors (Lipinski definition) is 3. The number of rotatable bonds is 4. The molecule has 0 radical (unpaired) electrons. The molecular weight excluding hydrogens is 263 g/mol. The van der Waals surface area contributed by atoms with E-state index >= 15 is 0 Å². The third kappa shape index (κ3) is 5.84. The van der Waals surface area contributed by atoms with E-state index in [2.05, 4.69) is 5.32 Å². The monoisotopic (exact) mass is 275 g/mol. The summed E-state index contributed by atoms with van der Waals surface area (Å²) in [7, 11) is -4.20. The van der Waals surface area contributed by atoms with E-state index in [-0.39, 0.29) is 25.3 Å². The first-order chi connectivity index (χ1) is 7.68. The fourth-order valence-electron chi connectivity index (χ4n) is 1.27. The molecule has 1 fully saturated rings. The lowest BCUT2D eigenvalue weighted by molar-refractivity contribution is -0.122. The summed E-state index contributed by atoms with van der Waals surface area (Å²) in [5.74, 6) is -0.205. The fraction of sp³-hybridized carbons (Fsp3) is 0.857. The van der Waals surface area contributed by atoms with Crippen LogP contribution in [0.3, 0.4) is 0 Å². The van der Waals surface area contributed by atoms with Crippen LogP contribution in [0.4, 0.5) is 13.2 Å². The summed E-state index contributed by atoms with van der Waals surface area (Å²) in [5.41, 5.74) is 0. The largest absolute Gasteiger partial charge is 0.402 e. The highest BCUT2D eigenvalue weighted by molar-refractivity contribution is 7.87. The van der Waals surface area contributed by atoms with E-state index < -0.39 is 29.0 Å². The fourth-order valence-corrected chi connectivity index (χ4v) is 2.35. The SMILES string of the molecule is O=C1CCC(NS(=O)(=O)NCC(F)(F)F)CN1. The minimum atomic E-state index is -4.60. The Kier molecular flexibility index (Phi) is 4.33. The van der Waals surface area contributed by atoms with Gasteiger partial charge in [-0.3, -0.25) is 4.79 Å². The number of nitrogens with one attached hydrogen (secondary N) is 3. The van der Waals surface area contributed by atoms with Crippen LogP contribution in [0.25, 0.3) is 0 Å². The van der Waals surface area contributed by atoms with E-state index in [0.29, 0.717) is 0 Å². The molecule has 0 bridgehead atoms. The van der Waals surface area contributed by atoms with Crippen molar-refractivity contribution in [1.82, 2.24) is 14.8 Å². The number of alkyl halides is 3. The zero-order chi connectivity index (χ0) is 13.1. The van der Waals surface area contributed by atoms with Gasteiger partial charge >= 0.3 is 6.18 Å². The highest BCUT2D eigenvalue weighted by Crippen LogP contribution is 2.12. The molecule has 0 spiro atoms. The first-order valence-electron chi connectivity index (χ1n) is 4.78. The van der Waals surface area contributed by atoms with Crippen LogP contribution >= 0.6 is 0 Å². The van der Waals surface area contributed by atoms with Crippen LogP contribution in [0.5, 0.6) is 0 Å². The molecule has 0 aromatic heterocycles. The summed E-state index contributed by atoms with van der Waals surface area (Å²) in [6.45, 7) is -1.55. The Morgan fingerprint density at radius 2 is 2.06 bits per heavy atom. The van der Waals surface area contributed by atoms with Crippen molar-refractivity contribution in [2.45, 2.75) is 25.1 Å². The molecule has 3 N–H and O–H groups in total. The van der Waals surface area contributed by atoms with E-state index in [0.717, 1.165) is 0 Å². The van der Waals surface area contributed by atoms with Crippen molar-refractivity contribution in [2.75, 3.05) is 13.1 Å². The van der Waals surface area contributed by atoms with Crippen LogP contribution in [0, 0.1) is 0 Å². The standard InChI is InChI=1S/C7H12F3N3O3S/c8-7(9,10)4-12-17(15,16)13-5-1-2-6(14)11-3-5/h5,12-13H,1-4H2,(H,11,14). The van der Waals surface area contributed by atoms with E-state index in [1.165, 1.54) is 4.72 Å². The van der Waals surface area contributed by atoms with Gasteiger partial charge in [-0.2, -0.15) is 31.0 Å². The summed E-state index contributed by atoms with van der Waals surface area (Å²) in [6.07, 6.45) is -4.19. The molecule has 6 nitrogen and oxygen atoms in total. The molecule has 1 rings (SSSR count). The van der Waals surface area contributed by atoms with Gasteiger partial charge in [0.05, 0.1) is 0 Å². The number of hydrogen-bond donors (Lipinski definition) is 3. The maximum absolute atomic E-state index is 11.8. The first-order valence-corrected chi connectivity index (χ1v) is 6.27. The van der Waals surface area contributed by atoms with Crippen molar-refractivity contribution in [3.8, 4) is 0 Å². The van der Waals surface area contributed by atoms with Crippen molar-refractivity contribution in [3.05, 3.63) is 0 Å². The molecule has 1 unspecified atom stereocenters. The summed E-state index contributed by atoms with van der Waals surface area (Å²) in [4.78, 5) is 10.8. The number of carbonyl (C=O) groups is 1. The summed E-state index contributed by atoms with van der Waals surface area (Å²) in [6, 6.07) is -0.585. The number of carbonyl (C=O) groups excluding carboxylic acids is 1. The Labute approximate surface area is 96.1 Å². The van der Waals surface area contributed by atoms with Crippen LogP contribution in [-0.4, -0.2) is 39.6 Å². The summed E-state index contributed by atoms with van der Waals surface area (Å²) < 4.78 is 61.2. The number of piperidine rings is 1. The maximum atomic E-state index is 11.8. The second-order valence-electron chi connectivity index (χ2n) is 3.60. The second-order valence-corrected chi connectivity index (χ2v) is 5.13. The highest BCUT2D eigenvalue weighted by atomic mass is 32.2. The Balaban J connectivity index is 2.41. The second kappa shape index (κ2) is 5.19. The molecule has 100 valence electrons. The van der Waals surface area contributed by atoms with Gasteiger partial charge in [0, 0.05) is 19.0 Å². The van der Waals surface area contributed by atoms with Crippen LogP contribution in [0.1, 0.15) is 12.8 Å². The van der Waals surface area contributed by atoms with Gasteiger partial charge in [-0.15, -0.1) is 0 Å². The molecule has 1 atom stereocenters. The summed E-state index contributed by atoms with van der Waals surface area (Å²) >= 11 is 0. The van der Waals surface area contributed by atoms with Gasteiger partial charge in [0.15, 0.2) is 0 Å². The van der Waals surface area contributed by atoms with E-state index in [4.69, 9.17) is 0 Å². The predicted octanol–water partition coefficient (Wildman–Crippen LogP) is -0.749. The Morgan fingerprint density at radius 3 is 2.53 bits per heavy atom. The van der Waals surface area contributed by atoms with Crippen molar-refractivity contribution < 1.29 is 26.4 Å². The van der Waals surface area contributed by atoms with Crippen molar-refractivity contribution in [1.29, 1.82) is 0 Å². The van der Waals surface area contributed by atoms with Gasteiger partial charge in [0.2, 0.25) is 5.91 Å². The van der Waals surface area contributed by atoms with E-state index in [1.54, 1.807) is 0 Å². The maximum Gasteiger partial charge on any atom is 0.402 e. The topological polar surface area (TPSA) is 87.3 Å². The molecule has 10 heteroatoms. The van der Waals surface area contributed by atoms with Crippen LogP contribution in [0.15, 0.2) is 0 Å². The molecule has 1 amide bonds. The van der Waals surface area contributed by atoms with E-state index in [1.807, 2.05) is 4.72 Å². The Bertz CT molecular complexity index is 372. The third-order valence-electron chi connectivity index (χ3n) is 2.05. The quantitative estimate of drug-likeness (QED) is 0.631. The van der Waals surface area contributed by atoms with Crippen LogP contribution in [-0.2, 0) is 15.0 Å². The highest BCUT2D eigenvalue weighted by Gasteiger charge is 2.30. The minimum Gasteiger partial charge on any atom is -0.355 e. The van der Waals surface area contributed by atoms with Crippen LogP contribution < -0.4 is 14.8 Å². The third-order valence-corrected chi connectivity index (χ3v) is 3.22. The number of halogens is 3. The van der Waals surface area contributed by atoms with Crippen molar-refractivity contribution >= 4 is 16.1 Å². The minimum absolute atomic E-state index is 0.0752. The molecule has 1 heterocycles. The van der Waals surface area contributed by atoms with Gasteiger partial charge in [-0.05, 0) is 6.42 Å². The predicted molar refractivity (Wildman–Crippen MR) is 52.1 cm³/mol. The van der Waals surface area contributed by atoms with Gasteiger partial charge < -0.3 is 5.32 Å². The Hall–Kier alpha value is -0.870. The average Bonchev–Trinajstić information content (AvgIpc) is 2.18. The van der Waals surface area contributed by atoms with Gasteiger partial charge in [-0.1, -0.05) is 0 Å². The van der Waals surface area contributed by atoms with Gasteiger partial charge in [0.1, 0.15) is 6.54 Å². The first kappa shape index (κ1) is 14.2. The molecule has 17 heavy (non-hydrogen) atoms. The zero-order valence-electron chi connectivity index (χ0n) is 8.67. The molecule has 0 saturated carbocycles. The molecule has 1 saturated heterocycles. The molecule has 1 aliphatic heterocycles. The molecule has 1 aliphatic rings. The normalized spacial score (nSPS) is 22.3. The Morgan fingerprint density at radius 1 is 1.41 bits per heavy atom. The van der Waals surface area contributed by atoms with Crippen molar-refractivity contribution in [2.24, 2.45) is 0 Å². The van der Waals surface area contributed by atoms with Gasteiger partial charge in [-0.25, -0.2) is 0 Å². The molecular formula is C7H12F3N3O3S. The lowest BCUT2D eigenvalue weighted by atomic mass is 10.1. The van der Waals surface area contributed by atoms with Gasteiger partial charge in [0.25, 0.3) is 10.2 Å². The molecule has 0 aromatic rings. The summed E-state index contributed by atoms with van der Waals surface area (Å²) in [5, 5.41) is 2.41. The smallest absolute Gasteiger partial charge is 0.355 e. The molecule has 0 aromatic carbocycles. The van der Waals surface area contributed by atoms with E-state index in [9.17, 15) is 26.4 Å². The average molecular weight is 275 g/mol. The lowest BCUT2D eigenvalue weighted by Gasteiger charge is -2.23. The molecule has 0 aliphatic carbocycles. The zero-order valence-corrected chi connectivity index (χ0v) is 9.49. The number of amides is 1. The van der Waals surface area contributed by atoms with Crippen LogP contribution in [0.2, 0.25) is 0 Å². The van der Waals surface area contributed by atoms with Crippen molar-refractivity contribution in [3.63, 3.8) is 0 Å².